The number of ether oxygens (including phenoxy) is 4. The smallest absolute Gasteiger partial charge is 0.246 e. The molecular weight excluding hydrogens is 615 g/mol. The van der Waals surface area contributed by atoms with Gasteiger partial charge < -0.3 is 24.1 Å². The zero-order chi connectivity index (χ0) is 32.9. The van der Waals surface area contributed by atoms with Gasteiger partial charge in [0.05, 0.1) is 28.4 Å². The zero-order valence-electron chi connectivity index (χ0n) is 26.9. The Labute approximate surface area is 265 Å². The molecule has 2 heterocycles. The highest BCUT2D eigenvalue weighted by atomic mass is 32.2. The summed E-state index contributed by atoms with van der Waals surface area (Å²) in [5.74, 6) is 1.74. The summed E-state index contributed by atoms with van der Waals surface area (Å²) >= 11 is 0. The number of sulfonamides is 1. The Morgan fingerprint density at radius 2 is 1.44 bits per heavy atom. The van der Waals surface area contributed by atoms with Gasteiger partial charge in [-0.05, 0) is 37.2 Å². The monoisotopic (exact) mass is 655 g/mol. The Morgan fingerprint density at radius 3 is 2.04 bits per heavy atom. The van der Waals surface area contributed by atoms with E-state index < -0.39 is 29.5 Å². The highest BCUT2D eigenvalue weighted by molar-refractivity contribution is 7.93. The largest absolute Gasteiger partial charge is 0.496 e. The van der Waals surface area contributed by atoms with Gasteiger partial charge in [0.15, 0.2) is 5.82 Å². The van der Waals surface area contributed by atoms with Crippen molar-refractivity contribution in [3.05, 3.63) is 66.2 Å². The summed E-state index contributed by atoms with van der Waals surface area (Å²) < 4.78 is 54.4. The topological polar surface area (TPSA) is 138 Å². The van der Waals surface area contributed by atoms with Crippen LogP contribution in [0.1, 0.15) is 18.6 Å². The van der Waals surface area contributed by atoms with Gasteiger partial charge >= 0.3 is 0 Å². The van der Waals surface area contributed by atoms with E-state index in [-0.39, 0.29) is 18.3 Å². The predicted octanol–water partition coefficient (Wildman–Crippen LogP) is 4.96. The summed E-state index contributed by atoms with van der Waals surface area (Å²) in [6.45, 7) is 8.05. The van der Waals surface area contributed by atoms with E-state index in [0.29, 0.717) is 46.1 Å². The molecule has 45 heavy (non-hydrogen) atoms. The van der Waals surface area contributed by atoms with Crippen LogP contribution in [0.5, 0.6) is 23.1 Å². The first-order valence-corrected chi connectivity index (χ1v) is 19.6. The molecule has 12 nitrogen and oxygen atoms in total. The van der Waals surface area contributed by atoms with E-state index in [0.717, 1.165) is 0 Å². The number of methoxy groups -OCH3 is 4. The van der Waals surface area contributed by atoms with E-state index in [2.05, 4.69) is 34.8 Å². The predicted molar refractivity (Wildman–Crippen MR) is 176 cm³/mol. The van der Waals surface area contributed by atoms with Crippen LogP contribution in [0.4, 0.5) is 5.95 Å². The van der Waals surface area contributed by atoms with Crippen LogP contribution in [-0.4, -0.2) is 81.6 Å². The molecule has 0 saturated carbocycles. The van der Waals surface area contributed by atoms with Crippen LogP contribution >= 0.6 is 0 Å². The van der Waals surface area contributed by atoms with E-state index in [1.54, 1.807) is 65.2 Å². The van der Waals surface area contributed by atoms with Crippen molar-refractivity contribution in [3.63, 3.8) is 0 Å². The molecule has 4 rings (SSSR count). The van der Waals surface area contributed by atoms with Crippen LogP contribution in [0.2, 0.25) is 25.7 Å². The van der Waals surface area contributed by atoms with Crippen molar-refractivity contribution in [2.75, 3.05) is 39.3 Å². The number of pyridine rings is 1. The fourth-order valence-corrected chi connectivity index (χ4v) is 7.44. The van der Waals surface area contributed by atoms with E-state index >= 15 is 0 Å². The van der Waals surface area contributed by atoms with Crippen molar-refractivity contribution < 1.29 is 32.5 Å². The molecule has 0 saturated heterocycles. The fraction of sp³-hybridized carbons (Fsp3) is 0.387. The zero-order valence-corrected chi connectivity index (χ0v) is 28.7. The third-order valence-corrected chi connectivity index (χ3v) is 11.3. The lowest BCUT2D eigenvalue weighted by molar-refractivity contribution is 0.171. The molecular formula is C31H41N5O7SSi. The number of aromatic nitrogens is 4. The number of para-hydroxylation sites is 2. The molecule has 0 amide bonds. The SMILES string of the molecule is COc1cccc(-c2nnc(N(CC[Si](C)(C)C)S(=O)(=O)[C@@H](C)[C@@H](O)c3ccccc3OC)n2-c2c(OC)cccc2OC)n1. The molecule has 0 aliphatic rings. The minimum absolute atomic E-state index is 0.00486. The number of rotatable bonds is 14. The number of benzene rings is 2. The molecule has 2 atom stereocenters. The molecule has 0 aliphatic heterocycles. The Balaban J connectivity index is 2.00. The summed E-state index contributed by atoms with van der Waals surface area (Å²) in [6.07, 6.45) is -1.41. The van der Waals surface area contributed by atoms with E-state index in [1.165, 1.54) is 39.7 Å². The summed E-state index contributed by atoms with van der Waals surface area (Å²) in [7, 11) is -0.0975. The first-order chi connectivity index (χ1) is 21.4. The summed E-state index contributed by atoms with van der Waals surface area (Å²) in [5.41, 5.74) is 1.12. The Hall–Kier alpha value is -4.14. The third kappa shape index (κ3) is 7.07. The number of hydrogen-bond donors (Lipinski definition) is 1. The van der Waals surface area contributed by atoms with Crippen LogP contribution < -0.4 is 23.3 Å². The van der Waals surface area contributed by atoms with Crippen molar-refractivity contribution in [1.29, 1.82) is 0 Å². The molecule has 14 heteroatoms. The second kappa shape index (κ2) is 13.9. The van der Waals surface area contributed by atoms with Gasteiger partial charge in [-0.1, -0.05) is 50.0 Å². The van der Waals surface area contributed by atoms with Crippen LogP contribution in [0.25, 0.3) is 17.2 Å². The van der Waals surface area contributed by atoms with Crippen molar-refractivity contribution in [1.82, 2.24) is 19.7 Å². The molecule has 2 aromatic heterocycles. The maximum atomic E-state index is 14.7. The van der Waals surface area contributed by atoms with Gasteiger partial charge in [0.25, 0.3) is 0 Å². The Bertz CT molecular complexity index is 1700. The van der Waals surface area contributed by atoms with Gasteiger partial charge in [-0.3, -0.25) is 4.57 Å². The Kier molecular flexibility index (Phi) is 10.4. The number of hydrogen-bond acceptors (Lipinski definition) is 10. The number of anilines is 1. The molecule has 0 radical (unpaired) electrons. The quantitative estimate of drug-likeness (QED) is 0.186. The standard InChI is InChI=1S/C31H41N5O7SSi/c1-21(29(37)22-13-9-10-15-24(22)40-2)44(38,39)35(19-20-45(6,7)8)31-34-33-30(23-14-11-18-27(32-23)43-5)36(31)28-25(41-3)16-12-17-26(28)42-4/h9-18,21,29,37H,19-20H2,1-8H3/t21-,29+/m0/s1. The maximum Gasteiger partial charge on any atom is 0.246 e. The molecule has 242 valence electrons. The summed E-state index contributed by atoms with van der Waals surface area (Å²) in [6, 6.07) is 17.8. The van der Waals surface area contributed by atoms with Gasteiger partial charge in [-0.25, -0.2) is 17.7 Å². The first kappa shape index (κ1) is 33.7. The molecule has 0 fully saturated rings. The highest BCUT2D eigenvalue weighted by Gasteiger charge is 2.40. The number of aliphatic hydroxyl groups is 1. The lowest BCUT2D eigenvalue weighted by atomic mass is 10.1. The highest BCUT2D eigenvalue weighted by Crippen LogP contribution is 2.40. The van der Waals surface area contributed by atoms with Gasteiger partial charge in [0.1, 0.15) is 40.0 Å². The molecule has 0 bridgehead atoms. The summed E-state index contributed by atoms with van der Waals surface area (Å²) in [4.78, 5) is 4.56. The second-order valence-electron chi connectivity index (χ2n) is 11.6. The Morgan fingerprint density at radius 1 is 0.844 bits per heavy atom. The molecule has 0 spiro atoms. The van der Waals surface area contributed by atoms with Gasteiger partial charge in [0, 0.05) is 26.2 Å². The number of aliphatic hydroxyl groups excluding tert-OH is 1. The second-order valence-corrected chi connectivity index (χ2v) is 19.4. The van der Waals surface area contributed by atoms with Crippen molar-refractivity contribution >= 4 is 24.0 Å². The average Bonchev–Trinajstić information content (AvgIpc) is 3.46. The van der Waals surface area contributed by atoms with Crippen LogP contribution in [-0.2, 0) is 10.0 Å². The van der Waals surface area contributed by atoms with Gasteiger partial charge in [0.2, 0.25) is 21.9 Å². The van der Waals surface area contributed by atoms with E-state index in [4.69, 9.17) is 18.9 Å². The van der Waals surface area contributed by atoms with Crippen LogP contribution in [0, 0.1) is 0 Å². The molecule has 2 aromatic carbocycles. The molecule has 0 unspecified atom stereocenters. The normalized spacial score (nSPS) is 13.2. The lowest BCUT2D eigenvalue weighted by Gasteiger charge is -2.31. The van der Waals surface area contributed by atoms with Crippen LogP contribution in [0.15, 0.2) is 60.7 Å². The summed E-state index contributed by atoms with van der Waals surface area (Å²) in [5, 5.41) is 19.1. The minimum Gasteiger partial charge on any atom is -0.496 e. The fourth-order valence-electron chi connectivity index (χ4n) is 4.82. The maximum absolute atomic E-state index is 14.7. The van der Waals surface area contributed by atoms with Gasteiger partial charge in [-0.2, -0.15) is 0 Å². The molecule has 4 aromatic rings. The van der Waals surface area contributed by atoms with Gasteiger partial charge in [-0.15, -0.1) is 10.2 Å². The van der Waals surface area contributed by atoms with Crippen molar-refractivity contribution in [2.24, 2.45) is 0 Å². The third-order valence-electron chi connectivity index (χ3n) is 7.40. The van der Waals surface area contributed by atoms with Crippen molar-refractivity contribution in [3.8, 4) is 40.3 Å². The van der Waals surface area contributed by atoms with E-state index in [1.807, 2.05) is 0 Å². The van der Waals surface area contributed by atoms with Crippen LogP contribution in [0.3, 0.4) is 0 Å². The molecule has 1 N–H and O–H groups in total. The van der Waals surface area contributed by atoms with E-state index in [9.17, 15) is 13.5 Å². The first-order valence-electron chi connectivity index (χ1n) is 14.4. The molecule has 0 aliphatic carbocycles. The minimum atomic E-state index is -4.30. The average molecular weight is 656 g/mol. The van der Waals surface area contributed by atoms with Crippen molar-refractivity contribution in [2.45, 2.75) is 44.0 Å². The lowest BCUT2D eigenvalue weighted by Crippen LogP contribution is -2.44. The number of nitrogens with zero attached hydrogens (tertiary/aromatic N) is 5.